The van der Waals surface area contributed by atoms with Gasteiger partial charge in [0.05, 0.1) is 12.0 Å². The summed E-state index contributed by atoms with van der Waals surface area (Å²) in [5, 5.41) is 6.08. The zero-order valence-electron chi connectivity index (χ0n) is 10.8. The van der Waals surface area contributed by atoms with E-state index in [2.05, 4.69) is 15.6 Å². The first-order valence-electron chi connectivity index (χ1n) is 6.10. The normalized spacial score (nSPS) is 23.0. The van der Waals surface area contributed by atoms with Gasteiger partial charge in [0.25, 0.3) is 0 Å². The van der Waals surface area contributed by atoms with Gasteiger partial charge in [0.1, 0.15) is 5.82 Å². The standard InChI is InChI=1S/C13H19N3O2/c1-10-3-4-11(15-7-10)16-12(17)13(9-18-2)5-6-14-8-13/h3-4,7,14H,5-6,8-9H2,1-2H3,(H,15,16,17). The van der Waals surface area contributed by atoms with E-state index in [0.29, 0.717) is 19.0 Å². The summed E-state index contributed by atoms with van der Waals surface area (Å²) >= 11 is 0. The maximum atomic E-state index is 12.3. The van der Waals surface area contributed by atoms with Crippen LogP contribution in [0.3, 0.4) is 0 Å². The molecule has 0 aromatic carbocycles. The molecule has 1 aliphatic rings. The number of ether oxygens (including phenoxy) is 1. The number of aromatic nitrogens is 1. The quantitative estimate of drug-likeness (QED) is 0.834. The Morgan fingerprint density at radius 3 is 3.00 bits per heavy atom. The molecular formula is C13H19N3O2. The number of nitrogens with zero attached hydrogens (tertiary/aromatic N) is 1. The van der Waals surface area contributed by atoms with Crippen molar-refractivity contribution in [3.63, 3.8) is 0 Å². The Labute approximate surface area is 107 Å². The third-order valence-electron chi connectivity index (χ3n) is 3.30. The second kappa shape index (κ2) is 5.46. The van der Waals surface area contributed by atoms with E-state index in [1.165, 1.54) is 0 Å². The third-order valence-corrected chi connectivity index (χ3v) is 3.30. The van der Waals surface area contributed by atoms with Gasteiger partial charge in [-0.3, -0.25) is 4.79 Å². The molecule has 0 radical (unpaired) electrons. The molecule has 0 bridgehead atoms. The second-order valence-corrected chi connectivity index (χ2v) is 4.82. The lowest BCUT2D eigenvalue weighted by Crippen LogP contribution is -2.42. The van der Waals surface area contributed by atoms with E-state index in [4.69, 9.17) is 4.74 Å². The second-order valence-electron chi connectivity index (χ2n) is 4.82. The lowest BCUT2D eigenvalue weighted by Gasteiger charge is -2.25. The molecule has 5 nitrogen and oxygen atoms in total. The van der Waals surface area contributed by atoms with Gasteiger partial charge in [-0.25, -0.2) is 4.98 Å². The molecule has 0 spiro atoms. The molecule has 1 fully saturated rings. The molecule has 1 unspecified atom stereocenters. The average molecular weight is 249 g/mol. The maximum absolute atomic E-state index is 12.3. The van der Waals surface area contributed by atoms with Crippen molar-refractivity contribution in [3.8, 4) is 0 Å². The zero-order valence-corrected chi connectivity index (χ0v) is 10.8. The molecular weight excluding hydrogens is 230 g/mol. The number of carbonyl (C=O) groups excluding carboxylic acids is 1. The number of methoxy groups -OCH3 is 1. The van der Waals surface area contributed by atoms with Crippen molar-refractivity contribution in [3.05, 3.63) is 23.9 Å². The summed E-state index contributed by atoms with van der Waals surface area (Å²) in [6, 6.07) is 3.74. The summed E-state index contributed by atoms with van der Waals surface area (Å²) in [6.07, 6.45) is 2.53. The summed E-state index contributed by atoms with van der Waals surface area (Å²) in [4.78, 5) is 16.5. The van der Waals surface area contributed by atoms with Crippen molar-refractivity contribution in [2.45, 2.75) is 13.3 Å². The monoisotopic (exact) mass is 249 g/mol. The van der Waals surface area contributed by atoms with Crippen LogP contribution in [0.1, 0.15) is 12.0 Å². The Hall–Kier alpha value is -1.46. The van der Waals surface area contributed by atoms with Gasteiger partial charge in [-0.2, -0.15) is 0 Å². The van der Waals surface area contributed by atoms with Gasteiger partial charge < -0.3 is 15.4 Å². The van der Waals surface area contributed by atoms with Crippen LogP contribution in [0, 0.1) is 12.3 Å². The number of aryl methyl sites for hydroxylation is 1. The van der Waals surface area contributed by atoms with E-state index >= 15 is 0 Å². The maximum Gasteiger partial charge on any atom is 0.235 e. The van der Waals surface area contributed by atoms with Crippen molar-refractivity contribution in [2.24, 2.45) is 5.41 Å². The Bertz CT molecular complexity index is 411. The van der Waals surface area contributed by atoms with E-state index in [0.717, 1.165) is 18.5 Å². The lowest BCUT2D eigenvalue weighted by molar-refractivity contribution is -0.127. The first-order valence-corrected chi connectivity index (χ1v) is 6.10. The van der Waals surface area contributed by atoms with Crippen molar-refractivity contribution in [2.75, 3.05) is 32.1 Å². The minimum absolute atomic E-state index is 0.0225. The molecule has 5 heteroatoms. The van der Waals surface area contributed by atoms with E-state index < -0.39 is 5.41 Å². The van der Waals surface area contributed by atoms with E-state index in [-0.39, 0.29) is 5.91 Å². The highest BCUT2D eigenvalue weighted by molar-refractivity contribution is 5.95. The van der Waals surface area contributed by atoms with Crippen LogP contribution in [0.4, 0.5) is 5.82 Å². The molecule has 18 heavy (non-hydrogen) atoms. The average Bonchev–Trinajstić information content (AvgIpc) is 2.82. The fraction of sp³-hybridized carbons (Fsp3) is 0.538. The van der Waals surface area contributed by atoms with Gasteiger partial charge in [-0.1, -0.05) is 6.07 Å². The molecule has 2 rings (SSSR count). The number of hydrogen-bond acceptors (Lipinski definition) is 4. The van der Waals surface area contributed by atoms with Crippen LogP contribution in [0.5, 0.6) is 0 Å². The molecule has 1 aliphatic heterocycles. The van der Waals surface area contributed by atoms with Crippen molar-refractivity contribution in [1.29, 1.82) is 0 Å². The van der Waals surface area contributed by atoms with Gasteiger partial charge in [0, 0.05) is 19.9 Å². The molecule has 98 valence electrons. The van der Waals surface area contributed by atoms with Crippen LogP contribution in [-0.4, -0.2) is 37.7 Å². The van der Waals surface area contributed by atoms with E-state index in [1.54, 1.807) is 13.3 Å². The predicted octanol–water partition coefficient (Wildman–Crippen LogP) is 0.955. The molecule has 2 heterocycles. The number of nitrogens with one attached hydrogen (secondary N) is 2. The predicted molar refractivity (Wildman–Crippen MR) is 69.4 cm³/mol. The van der Waals surface area contributed by atoms with Crippen LogP contribution in [-0.2, 0) is 9.53 Å². The molecule has 1 saturated heterocycles. The Morgan fingerprint density at radius 1 is 1.61 bits per heavy atom. The number of carbonyl (C=O) groups is 1. The Morgan fingerprint density at radius 2 is 2.44 bits per heavy atom. The van der Waals surface area contributed by atoms with Crippen molar-refractivity contribution >= 4 is 11.7 Å². The number of rotatable bonds is 4. The number of amides is 1. The van der Waals surface area contributed by atoms with Crippen LogP contribution in [0.15, 0.2) is 18.3 Å². The Balaban J connectivity index is 2.07. The first kappa shape index (κ1) is 13.0. The molecule has 1 atom stereocenters. The van der Waals surface area contributed by atoms with Crippen LogP contribution < -0.4 is 10.6 Å². The lowest BCUT2D eigenvalue weighted by atomic mass is 9.87. The van der Waals surface area contributed by atoms with E-state index in [9.17, 15) is 4.79 Å². The summed E-state index contributed by atoms with van der Waals surface area (Å²) in [6.45, 7) is 3.89. The zero-order chi connectivity index (χ0) is 13.0. The van der Waals surface area contributed by atoms with Gasteiger partial charge in [0.15, 0.2) is 0 Å². The highest BCUT2D eigenvalue weighted by Gasteiger charge is 2.41. The Kier molecular flexibility index (Phi) is 3.93. The van der Waals surface area contributed by atoms with Gasteiger partial charge >= 0.3 is 0 Å². The van der Waals surface area contributed by atoms with Crippen LogP contribution in [0.25, 0.3) is 0 Å². The molecule has 0 aliphatic carbocycles. The molecule has 2 N–H and O–H groups in total. The number of anilines is 1. The smallest absolute Gasteiger partial charge is 0.235 e. The highest BCUT2D eigenvalue weighted by Crippen LogP contribution is 2.27. The topological polar surface area (TPSA) is 63.2 Å². The fourth-order valence-corrected chi connectivity index (χ4v) is 2.19. The summed E-state index contributed by atoms with van der Waals surface area (Å²) in [5.74, 6) is 0.568. The molecule has 1 aromatic heterocycles. The fourth-order valence-electron chi connectivity index (χ4n) is 2.19. The SMILES string of the molecule is COCC1(C(=O)Nc2ccc(C)cn2)CCNC1. The molecule has 1 aromatic rings. The van der Waals surface area contributed by atoms with Crippen LogP contribution >= 0.6 is 0 Å². The number of hydrogen-bond donors (Lipinski definition) is 2. The van der Waals surface area contributed by atoms with Crippen molar-refractivity contribution < 1.29 is 9.53 Å². The van der Waals surface area contributed by atoms with Crippen LogP contribution in [0.2, 0.25) is 0 Å². The number of pyridine rings is 1. The minimum Gasteiger partial charge on any atom is -0.384 e. The van der Waals surface area contributed by atoms with Gasteiger partial charge in [-0.05, 0) is 31.5 Å². The molecule has 0 saturated carbocycles. The summed E-state index contributed by atoms with van der Waals surface area (Å²) in [5.41, 5.74) is 0.601. The molecule has 1 amide bonds. The summed E-state index contributed by atoms with van der Waals surface area (Å²) < 4.78 is 5.19. The largest absolute Gasteiger partial charge is 0.384 e. The van der Waals surface area contributed by atoms with Gasteiger partial charge in [0.2, 0.25) is 5.91 Å². The summed E-state index contributed by atoms with van der Waals surface area (Å²) in [7, 11) is 1.62. The minimum atomic E-state index is -0.471. The van der Waals surface area contributed by atoms with E-state index in [1.807, 2.05) is 19.1 Å². The first-order chi connectivity index (χ1) is 8.66. The third kappa shape index (κ3) is 2.68. The van der Waals surface area contributed by atoms with Gasteiger partial charge in [-0.15, -0.1) is 0 Å². The van der Waals surface area contributed by atoms with Crippen molar-refractivity contribution in [1.82, 2.24) is 10.3 Å². The highest BCUT2D eigenvalue weighted by atomic mass is 16.5.